The molecule has 2 unspecified atom stereocenters. The van der Waals surface area contributed by atoms with Gasteiger partial charge in [-0.15, -0.1) is 11.6 Å². The Labute approximate surface area is 84.2 Å². The zero-order valence-corrected chi connectivity index (χ0v) is 9.16. The van der Waals surface area contributed by atoms with Crippen LogP contribution in [0.3, 0.4) is 0 Å². The molecule has 0 spiro atoms. The molecule has 0 aromatic heterocycles. The van der Waals surface area contributed by atoms with Crippen LogP contribution < -0.4 is 0 Å². The molecule has 0 saturated carbocycles. The molecule has 0 amide bonds. The van der Waals surface area contributed by atoms with Gasteiger partial charge in [-0.25, -0.2) is 0 Å². The molecule has 2 atom stereocenters. The highest BCUT2D eigenvalue weighted by atomic mass is 35.5. The summed E-state index contributed by atoms with van der Waals surface area (Å²) in [6.45, 7) is 3.21. The van der Waals surface area contributed by atoms with Crippen molar-refractivity contribution in [2.45, 2.75) is 37.5 Å². The van der Waals surface area contributed by atoms with Crippen LogP contribution in [-0.2, 0) is 4.74 Å². The lowest BCUT2D eigenvalue weighted by Crippen LogP contribution is -2.11. The van der Waals surface area contributed by atoms with Gasteiger partial charge in [-0.1, -0.05) is 6.92 Å². The van der Waals surface area contributed by atoms with E-state index in [0.29, 0.717) is 11.4 Å². The summed E-state index contributed by atoms with van der Waals surface area (Å²) < 4.78 is 5.53. The average molecular weight is 209 g/mol. The molecule has 0 aliphatic carbocycles. The molecule has 0 radical (unpaired) electrons. The van der Waals surface area contributed by atoms with Crippen LogP contribution in [0.5, 0.6) is 0 Å². The van der Waals surface area contributed by atoms with Gasteiger partial charge in [0.05, 0.1) is 6.10 Å². The van der Waals surface area contributed by atoms with E-state index in [0.717, 1.165) is 24.7 Å². The van der Waals surface area contributed by atoms with Crippen molar-refractivity contribution >= 4 is 23.4 Å². The fourth-order valence-corrected chi connectivity index (χ4v) is 2.83. The van der Waals surface area contributed by atoms with Crippen LogP contribution in [0.15, 0.2) is 0 Å². The highest BCUT2D eigenvalue weighted by molar-refractivity contribution is 7.99. The van der Waals surface area contributed by atoms with E-state index in [2.05, 4.69) is 6.92 Å². The third-order valence-electron chi connectivity index (χ3n) is 2.11. The lowest BCUT2D eigenvalue weighted by atomic mass is 10.3. The second-order valence-electron chi connectivity index (χ2n) is 3.26. The number of ether oxygens (including phenoxy) is 1. The van der Waals surface area contributed by atoms with Crippen LogP contribution in [0.4, 0.5) is 0 Å². The van der Waals surface area contributed by atoms with Crippen molar-refractivity contribution < 1.29 is 4.74 Å². The van der Waals surface area contributed by atoms with Crippen LogP contribution in [0.2, 0.25) is 0 Å². The monoisotopic (exact) mass is 208 g/mol. The minimum absolute atomic E-state index is 0.521. The predicted octanol–water partition coefficient (Wildman–Crippen LogP) is 2.92. The molecule has 72 valence electrons. The fourth-order valence-electron chi connectivity index (χ4n) is 1.28. The van der Waals surface area contributed by atoms with Crippen LogP contribution in [-0.4, -0.2) is 29.6 Å². The van der Waals surface area contributed by atoms with E-state index in [-0.39, 0.29) is 0 Å². The molecule has 3 heteroatoms. The number of hydrogen-bond donors (Lipinski definition) is 0. The number of thioether (sulfide) groups is 1. The summed E-state index contributed by atoms with van der Waals surface area (Å²) in [7, 11) is 0. The first kappa shape index (κ1) is 10.7. The van der Waals surface area contributed by atoms with Gasteiger partial charge in [-0.3, -0.25) is 0 Å². The molecule has 1 aliphatic heterocycles. The van der Waals surface area contributed by atoms with Crippen molar-refractivity contribution in [3.63, 3.8) is 0 Å². The van der Waals surface area contributed by atoms with E-state index in [4.69, 9.17) is 16.3 Å². The number of alkyl halides is 1. The van der Waals surface area contributed by atoms with Gasteiger partial charge in [0.1, 0.15) is 0 Å². The fraction of sp³-hybridized carbons (Fsp3) is 1.00. The van der Waals surface area contributed by atoms with E-state index in [9.17, 15) is 0 Å². The highest BCUT2D eigenvalue weighted by Gasteiger charge is 2.16. The van der Waals surface area contributed by atoms with Gasteiger partial charge in [0.2, 0.25) is 0 Å². The van der Waals surface area contributed by atoms with E-state index in [1.165, 1.54) is 12.8 Å². The minimum atomic E-state index is 0.521. The molecular weight excluding hydrogens is 192 g/mol. The summed E-state index contributed by atoms with van der Waals surface area (Å²) >= 11 is 7.64. The van der Waals surface area contributed by atoms with E-state index >= 15 is 0 Å². The third kappa shape index (κ3) is 4.01. The molecule has 1 rings (SSSR count). The molecule has 1 saturated heterocycles. The Kier molecular flexibility index (Phi) is 5.44. The van der Waals surface area contributed by atoms with Crippen LogP contribution in [0.25, 0.3) is 0 Å². The normalized spacial score (nSPS) is 26.0. The first-order chi connectivity index (χ1) is 5.83. The molecule has 1 heterocycles. The second kappa shape index (κ2) is 6.11. The lowest BCUT2D eigenvalue weighted by molar-refractivity contribution is 0.129. The van der Waals surface area contributed by atoms with Crippen molar-refractivity contribution in [1.82, 2.24) is 0 Å². The summed E-state index contributed by atoms with van der Waals surface area (Å²) in [5.41, 5.74) is 0. The number of halogens is 1. The molecule has 0 bridgehead atoms. The van der Waals surface area contributed by atoms with Gasteiger partial charge in [0.15, 0.2) is 0 Å². The standard InChI is InChI=1S/C9H17ClOS/c1-8(4-5-10)12-7-9-3-2-6-11-9/h8-9H,2-7H2,1H3. The van der Waals surface area contributed by atoms with E-state index in [1.54, 1.807) is 0 Å². The molecule has 0 aromatic rings. The maximum Gasteiger partial charge on any atom is 0.0666 e. The molecule has 1 nitrogen and oxygen atoms in total. The molecule has 0 N–H and O–H groups in total. The topological polar surface area (TPSA) is 9.23 Å². The molecule has 0 aromatic carbocycles. The minimum Gasteiger partial charge on any atom is -0.377 e. The van der Waals surface area contributed by atoms with Gasteiger partial charge in [0.25, 0.3) is 0 Å². The molecule has 1 aliphatic rings. The number of hydrogen-bond acceptors (Lipinski definition) is 2. The van der Waals surface area contributed by atoms with Crippen LogP contribution in [0.1, 0.15) is 26.2 Å². The highest BCUT2D eigenvalue weighted by Crippen LogP contribution is 2.21. The van der Waals surface area contributed by atoms with Crippen molar-refractivity contribution in [1.29, 1.82) is 0 Å². The lowest BCUT2D eigenvalue weighted by Gasteiger charge is -2.12. The Morgan fingerprint density at radius 2 is 2.50 bits per heavy atom. The smallest absolute Gasteiger partial charge is 0.0666 e. The first-order valence-electron chi connectivity index (χ1n) is 4.62. The largest absolute Gasteiger partial charge is 0.377 e. The van der Waals surface area contributed by atoms with Gasteiger partial charge < -0.3 is 4.74 Å². The van der Waals surface area contributed by atoms with Crippen LogP contribution >= 0.6 is 23.4 Å². The second-order valence-corrected chi connectivity index (χ2v) is 5.11. The number of rotatable bonds is 5. The summed E-state index contributed by atoms with van der Waals surface area (Å²) in [5.74, 6) is 1.93. The Hall–Kier alpha value is 0.600. The first-order valence-corrected chi connectivity index (χ1v) is 6.20. The molecule has 1 fully saturated rings. The maximum atomic E-state index is 5.65. The zero-order valence-electron chi connectivity index (χ0n) is 7.59. The van der Waals surface area contributed by atoms with Gasteiger partial charge in [0, 0.05) is 23.5 Å². The van der Waals surface area contributed by atoms with Crippen molar-refractivity contribution in [2.75, 3.05) is 18.2 Å². The Morgan fingerprint density at radius 1 is 1.67 bits per heavy atom. The average Bonchev–Trinajstić information content (AvgIpc) is 2.53. The summed E-state index contributed by atoms with van der Waals surface area (Å²) in [6.07, 6.45) is 4.13. The van der Waals surface area contributed by atoms with E-state index in [1.807, 2.05) is 11.8 Å². The summed E-state index contributed by atoms with van der Waals surface area (Å²) in [5, 5.41) is 0.687. The van der Waals surface area contributed by atoms with Gasteiger partial charge in [-0.2, -0.15) is 11.8 Å². The molecular formula is C9H17ClOS. The van der Waals surface area contributed by atoms with Crippen molar-refractivity contribution in [3.05, 3.63) is 0 Å². The predicted molar refractivity (Wildman–Crippen MR) is 56.2 cm³/mol. The molecule has 12 heavy (non-hydrogen) atoms. The van der Waals surface area contributed by atoms with Crippen molar-refractivity contribution in [2.24, 2.45) is 0 Å². The van der Waals surface area contributed by atoms with Crippen molar-refractivity contribution in [3.8, 4) is 0 Å². The van der Waals surface area contributed by atoms with Crippen LogP contribution in [0, 0.1) is 0 Å². The Morgan fingerprint density at radius 3 is 3.08 bits per heavy atom. The van der Waals surface area contributed by atoms with Gasteiger partial charge >= 0.3 is 0 Å². The maximum absolute atomic E-state index is 5.65. The Bertz CT molecular complexity index is 115. The Balaban J connectivity index is 1.99. The van der Waals surface area contributed by atoms with E-state index < -0.39 is 0 Å². The van der Waals surface area contributed by atoms with Gasteiger partial charge in [-0.05, 0) is 19.3 Å². The summed E-state index contributed by atoms with van der Waals surface area (Å²) in [4.78, 5) is 0. The zero-order chi connectivity index (χ0) is 8.81. The third-order valence-corrected chi connectivity index (χ3v) is 3.69. The quantitative estimate of drug-likeness (QED) is 0.643. The summed E-state index contributed by atoms with van der Waals surface area (Å²) in [6, 6.07) is 0. The SMILES string of the molecule is CC(CCCl)SCC1CCCO1.